The molecule has 7 nitrogen and oxygen atoms in total. The molecule has 2 aromatic carbocycles. The molecule has 4 rings (SSSR count). The van der Waals surface area contributed by atoms with E-state index in [1.54, 1.807) is 11.8 Å². The highest BCUT2D eigenvalue weighted by Gasteiger charge is 2.23. The second-order valence-corrected chi connectivity index (χ2v) is 9.03. The van der Waals surface area contributed by atoms with Gasteiger partial charge in [0.25, 0.3) is 0 Å². The molecule has 0 fully saturated rings. The fourth-order valence-corrected chi connectivity index (χ4v) is 4.57. The lowest BCUT2D eigenvalue weighted by molar-refractivity contribution is -0.115. The van der Waals surface area contributed by atoms with Crippen LogP contribution >= 0.6 is 11.8 Å². The number of thioether (sulfide) groups is 1. The maximum absolute atomic E-state index is 13.0. The minimum atomic E-state index is -0.386. The topological polar surface area (TPSA) is 74.0 Å². The van der Waals surface area contributed by atoms with Gasteiger partial charge in [0.1, 0.15) is 5.75 Å². The van der Waals surface area contributed by atoms with Gasteiger partial charge in [-0.15, -0.1) is 0 Å². The summed E-state index contributed by atoms with van der Waals surface area (Å²) in [7, 11) is 3.52. The molecule has 1 N–H and O–H groups in total. The highest BCUT2D eigenvalue weighted by Crippen LogP contribution is 2.35. The van der Waals surface area contributed by atoms with Crippen molar-refractivity contribution in [1.82, 2.24) is 19.3 Å². The lowest BCUT2D eigenvalue weighted by atomic mass is 10.1. The third-order valence-electron chi connectivity index (χ3n) is 5.53. The van der Waals surface area contributed by atoms with Gasteiger partial charge >= 0.3 is 0 Å². The fourth-order valence-electron chi connectivity index (χ4n) is 3.67. The van der Waals surface area contributed by atoms with Crippen molar-refractivity contribution in [2.75, 3.05) is 12.4 Å². The number of aryl methyl sites for hydroxylation is 2. The summed E-state index contributed by atoms with van der Waals surface area (Å²) < 4.78 is 9.44. The van der Waals surface area contributed by atoms with Crippen LogP contribution in [0.4, 0.5) is 5.69 Å². The number of nitrogens with zero attached hydrogens (tertiary/aromatic N) is 4. The van der Waals surface area contributed by atoms with Crippen molar-refractivity contribution < 1.29 is 9.53 Å². The smallest absolute Gasteiger partial charge is 0.237 e. The largest absolute Gasteiger partial charge is 0.495 e. The number of ether oxygens (including phenoxy) is 1. The maximum Gasteiger partial charge on any atom is 0.237 e. The number of aromatic nitrogens is 4. The third-order valence-corrected chi connectivity index (χ3v) is 6.60. The predicted molar refractivity (Wildman–Crippen MR) is 132 cm³/mol. The van der Waals surface area contributed by atoms with Gasteiger partial charge < -0.3 is 10.1 Å². The van der Waals surface area contributed by atoms with Crippen LogP contribution in [-0.2, 0) is 11.8 Å². The van der Waals surface area contributed by atoms with E-state index in [-0.39, 0.29) is 11.2 Å². The summed E-state index contributed by atoms with van der Waals surface area (Å²) in [6.07, 6.45) is 1.84. The molecule has 0 saturated heterocycles. The molecule has 1 amide bonds. The van der Waals surface area contributed by atoms with Crippen LogP contribution in [0.25, 0.3) is 16.9 Å². The summed E-state index contributed by atoms with van der Waals surface area (Å²) in [6.45, 7) is 5.71. The number of amides is 1. The van der Waals surface area contributed by atoms with Gasteiger partial charge in [-0.05, 0) is 32.9 Å². The number of hydrogen-bond donors (Lipinski definition) is 1. The van der Waals surface area contributed by atoms with Crippen molar-refractivity contribution in [3.8, 4) is 22.7 Å². The fraction of sp³-hybridized carbons (Fsp3) is 0.240. The predicted octanol–water partition coefficient (Wildman–Crippen LogP) is 5.02. The van der Waals surface area contributed by atoms with E-state index < -0.39 is 0 Å². The minimum Gasteiger partial charge on any atom is -0.495 e. The van der Waals surface area contributed by atoms with Gasteiger partial charge in [0, 0.05) is 12.6 Å². The van der Waals surface area contributed by atoms with Crippen LogP contribution in [0.5, 0.6) is 5.75 Å². The highest BCUT2D eigenvalue weighted by molar-refractivity contribution is 8.00. The number of imidazole rings is 1. The highest BCUT2D eigenvalue weighted by atomic mass is 32.2. The number of para-hydroxylation sites is 2. The second-order valence-electron chi connectivity index (χ2n) is 7.72. The first kappa shape index (κ1) is 22.7. The Bertz CT molecular complexity index is 1280. The van der Waals surface area contributed by atoms with Gasteiger partial charge in [-0.25, -0.2) is 4.98 Å². The third kappa shape index (κ3) is 4.52. The Balaban J connectivity index is 1.69. The van der Waals surface area contributed by atoms with E-state index in [0.717, 1.165) is 39.8 Å². The Kier molecular flexibility index (Phi) is 6.55. The summed E-state index contributed by atoms with van der Waals surface area (Å²) >= 11 is 1.40. The number of rotatable bonds is 7. The van der Waals surface area contributed by atoms with Gasteiger partial charge in [-0.1, -0.05) is 54.2 Å². The number of hydrogen-bond acceptors (Lipinski definition) is 5. The minimum absolute atomic E-state index is 0.102. The van der Waals surface area contributed by atoms with Gasteiger partial charge in [0.05, 0.1) is 47.0 Å². The van der Waals surface area contributed by atoms with Crippen molar-refractivity contribution in [3.05, 3.63) is 72.2 Å². The van der Waals surface area contributed by atoms with E-state index in [1.807, 2.05) is 93.2 Å². The zero-order chi connectivity index (χ0) is 23.5. The Labute approximate surface area is 197 Å². The van der Waals surface area contributed by atoms with E-state index in [9.17, 15) is 4.79 Å². The van der Waals surface area contributed by atoms with Crippen LogP contribution in [0.2, 0.25) is 0 Å². The number of benzene rings is 2. The van der Waals surface area contributed by atoms with Crippen LogP contribution in [-0.4, -0.2) is 37.6 Å². The molecule has 1 unspecified atom stereocenters. The van der Waals surface area contributed by atoms with Gasteiger partial charge in [0.15, 0.2) is 5.16 Å². The van der Waals surface area contributed by atoms with E-state index in [0.29, 0.717) is 5.16 Å². The molecule has 33 heavy (non-hydrogen) atoms. The first-order valence-electron chi connectivity index (χ1n) is 10.6. The first-order chi connectivity index (χ1) is 15.9. The summed E-state index contributed by atoms with van der Waals surface area (Å²) in [4.78, 5) is 17.7. The van der Waals surface area contributed by atoms with E-state index in [1.165, 1.54) is 11.8 Å². The number of methoxy groups -OCH3 is 1. The summed E-state index contributed by atoms with van der Waals surface area (Å²) in [6, 6.07) is 17.9. The molecular weight excluding hydrogens is 434 g/mol. The number of anilines is 1. The molecular formula is C25H27N5O2S. The molecule has 0 aliphatic heterocycles. The molecule has 8 heteroatoms. The standard InChI is InChI=1S/C25H27N5O2S/c1-16-23(17(2)29(4)28-16)27-24(31)18(3)33-25-26-15-21(19-11-7-6-8-12-19)30(25)20-13-9-10-14-22(20)32-5/h6-15,18H,1-5H3,(H,27,31). The van der Waals surface area contributed by atoms with Gasteiger partial charge in [-0.3, -0.25) is 14.0 Å². The average molecular weight is 462 g/mol. The number of carbonyl (C=O) groups excluding carboxylic acids is 1. The molecule has 0 saturated carbocycles. The SMILES string of the molecule is COc1ccccc1-n1c(-c2ccccc2)cnc1SC(C)C(=O)Nc1c(C)nn(C)c1C. The number of nitrogens with one attached hydrogen (secondary N) is 1. The molecule has 2 aromatic heterocycles. The van der Waals surface area contributed by atoms with Crippen molar-refractivity contribution in [1.29, 1.82) is 0 Å². The molecule has 2 heterocycles. The van der Waals surface area contributed by atoms with Crippen LogP contribution in [0.1, 0.15) is 18.3 Å². The second kappa shape index (κ2) is 9.54. The molecule has 1 atom stereocenters. The summed E-state index contributed by atoms with van der Waals surface area (Å²) in [5, 5.41) is 7.74. The van der Waals surface area contributed by atoms with Crippen LogP contribution in [0.15, 0.2) is 66.0 Å². The maximum atomic E-state index is 13.0. The Morgan fingerprint density at radius 1 is 1.09 bits per heavy atom. The number of carbonyl (C=O) groups is 1. The van der Waals surface area contributed by atoms with Gasteiger partial charge in [-0.2, -0.15) is 5.10 Å². The molecule has 0 spiro atoms. The van der Waals surface area contributed by atoms with Gasteiger partial charge in [0.2, 0.25) is 5.91 Å². The zero-order valence-corrected chi connectivity index (χ0v) is 20.2. The normalized spacial score (nSPS) is 11.9. The van der Waals surface area contributed by atoms with E-state index in [4.69, 9.17) is 4.74 Å². The van der Waals surface area contributed by atoms with Crippen molar-refractivity contribution in [2.45, 2.75) is 31.2 Å². The molecule has 170 valence electrons. The zero-order valence-electron chi connectivity index (χ0n) is 19.4. The lowest BCUT2D eigenvalue weighted by Gasteiger charge is -2.17. The Morgan fingerprint density at radius 3 is 2.45 bits per heavy atom. The average Bonchev–Trinajstić information content (AvgIpc) is 3.35. The molecule has 0 aliphatic rings. The van der Waals surface area contributed by atoms with Crippen LogP contribution in [0, 0.1) is 13.8 Å². The van der Waals surface area contributed by atoms with E-state index in [2.05, 4.69) is 15.4 Å². The first-order valence-corrected chi connectivity index (χ1v) is 11.5. The van der Waals surface area contributed by atoms with Crippen LogP contribution < -0.4 is 10.1 Å². The quantitative estimate of drug-likeness (QED) is 0.391. The lowest BCUT2D eigenvalue weighted by Crippen LogP contribution is -2.23. The van der Waals surface area contributed by atoms with Crippen molar-refractivity contribution >= 4 is 23.4 Å². The molecule has 4 aromatic rings. The monoisotopic (exact) mass is 461 g/mol. The van der Waals surface area contributed by atoms with Crippen molar-refractivity contribution in [2.24, 2.45) is 7.05 Å². The molecule has 0 aliphatic carbocycles. The molecule has 0 radical (unpaired) electrons. The summed E-state index contributed by atoms with van der Waals surface area (Å²) in [5.41, 5.74) is 5.29. The van der Waals surface area contributed by atoms with E-state index >= 15 is 0 Å². The Hall–Kier alpha value is -3.52. The molecule has 0 bridgehead atoms. The Morgan fingerprint density at radius 2 is 1.79 bits per heavy atom. The van der Waals surface area contributed by atoms with Crippen LogP contribution in [0.3, 0.4) is 0 Å². The summed E-state index contributed by atoms with van der Waals surface area (Å²) in [5.74, 6) is 0.628. The van der Waals surface area contributed by atoms with Crippen molar-refractivity contribution in [3.63, 3.8) is 0 Å².